The molecule has 140 valence electrons. The molecule has 0 unspecified atom stereocenters. The van der Waals surface area contributed by atoms with Gasteiger partial charge in [-0.25, -0.2) is 14.5 Å². The minimum atomic E-state index is 0.150. The highest BCUT2D eigenvalue weighted by Crippen LogP contribution is 2.27. The predicted molar refractivity (Wildman–Crippen MR) is 103 cm³/mol. The second-order valence-corrected chi connectivity index (χ2v) is 6.86. The molecule has 0 spiro atoms. The molecule has 0 fully saturated rings. The Balaban J connectivity index is 1.69. The van der Waals surface area contributed by atoms with Gasteiger partial charge in [0, 0.05) is 23.9 Å². The summed E-state index contributed by atoms with van der Waals surface area (Å²) in [5.41, 5.74) is 3.88. The lowest BCUT2D eigenvalue weighted by atomic mass is 10.2. The fraction of sp³-hybridized carbons (Fsp3) is 0.316. The highest BCUT2D eigenvalue weighted by molar-refractivity contribution is 6.30. The van der Waals surface area contributed by atoms with Crippen molar-refractivity contribution in [1.82, 2.24) is 24.1 Å². The van der Waals surface area contributed by atoms with Gasteiger partial charge in [0.2, 0.25) is 0 Å². The molecule has 3 heterocycles. The van der Waals surface area contributed by atoms with Crippen LogP contribution in [0.25, 0.3) is 16.7 Å². The molecule has 8 heteroatoms. The number of nitrogens with zero attached hydrogens (tertiary/aromatic N) is 5. The zero-order chi connectivity index (χ0) is 19.0. The van der Waals surface area contributed by atoms with Crippen LogP contribution in [0.15, 0.2) is 30.6 Å². The molecule has 0 aliphatic carbocycles. The number of benzene rings is 1. The minimum absolute atomic E-state index is 0.150. The van der Waals surface area contributed by atoms with Crippen molar-refractivity contribution in [3.8, 4) is 5.75 Å². The van der Waals surface area contributed by atoms with Crippen LogP contribution in [0.5, 0.6) is 5.75 Å². The van der Waals surface area contributed by atoms with Crippen molar-refractivity contribution in [2.75, 3.05) is 6.61 Å². The lowest BCUT2D eigenvalue weighted by molar-refractivity contribution is 0.280. The monoisotopic (exact) mass is 385 g/mol. The van der Waals surface area contributed by atoms with Crippen molar-refractivity contribution < 1.29 is 9.84 Å². The van der Waals surface area contributed by atoms with Gasteiger partial charge in [-0.3, -0.25) is 0 Å². The van der Waals surface area contributed by atoms with E-state index in [1.54, 1.807) is 23.0 Å². The first-order valence-electron chi connectivity index (χ1n) is 8.77. The molecule has 0 bridgehead atoms. The number of hydrogen-bond donors (Lipinski definition) is 1. The van der Waals surface area contributed by atoms with Crippen LogP contribution in [0, 0.1) is 13.8 Å². The maximum absolute atomic E-state index is 9.16. The molecule has 1 aromatic carbocycles. The molecule has 0 saturated heterocycles. The third kappa shape index (κ3) is 3.24. The molecular weight excluding hydrogens is 366 g/mol. The normalized spacial score (nSPS) is 11.6. The van der Waals surface area contributed by atoms with Crippen molar-refractivity contribution in [2.45, 2.75) is 33.4 Å². The van der Waals surface area contributed by atoms with Crippen LogP contribution in [0.1, 0.15) is 23.5 Å². The van der Waals surface area contributed by atoms with E-state index < -0.39 is 0 Å². The number of aryl methyl sites for hydroxylation is 2. The summed E-state index contributed by atoms with van der Waals surface area (Å²) in [6.45, 7) is 5.25. The Kier molecular flexibility index (Phi) is 4.72. The molecule has 4 aromatic rings. The first-order chi connectivity index (χ1) is 13.1. The van der Waals surface area contributed by atoms with Crippen LogP contribution < -0.4 is 4.74 Å². The van der Waals surface area contributed by atoms with Gasteiger partial charge in [-0.1, -0.05) is 11.6 Å². The lowest BCUT2D eigenvalue weighted by Gasteiger charge is -2.05. The van der Waals surface area contributed by atoms with E-state index >= 15 is 0 Å². The van der Waals surface area contributed by atoms with Gasteiger partial charge < -0.3 is 14.4 Å². The van der Waals surface area contributed by atoms with Gasteiger partial charge in [0.15, 0.2) is 11.5 Å². The van der Waals surface area contributed by atoms with Crippen LogP contribution in [0.3, 0.4) is 0 Å². The average Bonchev–Trinajstić information content (AvgIpc) is 3.19. The zero-order valence-corrected chi connectivity index (χ0v) is 15.9. The van der Waals surface area contributed by atoms with Crippen molar-refractivity contribution in [2.24, 2.45) is 0 Å². The van der Waals surface area contributed by atoms with Crippen molar-refractivity contribution in [3.63, 3.8) is 0 Å². The smallest absolute Gasteiger partial charge is 0.189 e. The number of aliphatic hydroxyl groups excluding tert-OH is 1. The number of rotatable bonds is 6. The summed E-state index contributed by atoms with van der Waals surface area (Å²) in [5, 5.41) is 15.3. The molecular formula is C19H20ClN5O2. The molecule has 27 heavy (non-hydrogen) atoms. The number of halogens is 1. The largest absolute Gasteiger partial charge is 0.486 e. The highest BCUT2D eigenvalue weighted by Gasteiger charge is 2.17. The van der Waals surface area contributed by atoms with E-state index in [0.29, 0.717) is 23.0 Å². The van der Waals surface area contributed by atoms with Gasteiger partial charge in [-0.05, 0) is 50.1 Å². The van der Waals surface area contributed by atoms with Crippen LogP contribution >= 0.6 is 11.6 Å². The Hall–Kier alpha value is -2.64. The Morgan fingerprint density at radius 3 is 2.67 bits per heavy atom. The minimum Gasteiger partial charge on any atom is -0.486 e. The summed E-state index contributed by atoms with van der Waals surface area (Å²) in [4.78, 5) is 9.24. The number of hydrogen-bond acceptors (Lipinski definition) is 5. The zero-order valence-electron chi connectivity index (χ0n) is 15.2. The average molecular weight is 386 g/mol. The number of aliphatic hydroxyl groups is 1. The molecule has 0 amide bonds. The fourth-order valence-corrected chi connectivity index (χ4v) is 3.34. The molecule has 0 radical (unpaired) electrons. The van der Waals surface area contributed by atoms with E-state index in [-0.39, 0.29) is 13.2 Å². The molecule has 0 aliphatic heterocycles. The van der Waals surface area contributed by atoms with Crippen molar-refractivity contribution in [3.05, 3.63) is 52.7 Å². The maximum Gasteiger partial charge on any atom is 0.189 e. The second kappa shape index (κ2) is 7.17. The van der Waals surface area contributed by atoms with Gasteiger partial charge in [0.25, 0.3) is 0 Å². The van der Waals surface area contributed by atoms with Gasteiger partial charge >= 0.3 is 0 Å². The Morgan fingerprint density at radius 2 is 1.93 bits per heavy atom. The van der Waals surface area contributed by atoms with Crippen LogP contribution in [-0.2, 0) is 13.2 Å². The van der Waals surface area contributed by atoms with Gasteiger partial charge in [0.05, 0.1) is 5.39 Å². The van der Waals surface area contributed by atoms with Crippen molar-refractivity contribution >= 4 is 28.3 Å². The van der Waals surface area contributed by atoms with E-state index in [9.17, 15) is 0 Å². The van der Waals surface area contributed by atoms with E-state index in [1.807, 2.05) is 12.1 Å². The maximum atomic E-state index is 9.16. The summed E-state index contributed by atoms with van der Waals surface area (Å²) >= 11 is 5.89. The first-order valence-corrected chi connectivity index (χ1v) is 9.15. The molecule has 0 atom stereocenters. The second-order valence-electron chi connectivity index (χ2n) is 6.42. The van der Waals surface area contributed by atoms with Crippen molar-refractivity contribution in [1.29, 1.82) is 0 Å². The van der Waals surface area contributed by atoms with Crippen LogP contribution in [0.2, 0.25) is 5.02 Å². The summed E-state index contributed by atoms with van der Waals surface area (Å²) in [6, 6.07) is 7.19. The number of fused-ring (bicyclic) bond motifs is 3. The number of ether oxygens (including phenoxy) is 1. The summed E-state index contributed by atoms with van der Waals surface area (Å²) in [7, 11) is 0. The predicted octanol–water partition coefficient (Wildman–Crippen LogP) is 3.31. The summed E-state index contributed by atoms with van der Waals surface area (Å²) < 4.78 is 9.56. The van der Waals surface area contributed by atoms with E-state index in [4.69, 9.17) is 21.4 Å². The molecule has 0 aliphatic rings. The van der Waals surface area contributed by atoms with E-state index in [2.05, 4.69) is 33.5 Å². The Morgan fingerprint density at radius 1 is 1.15 bits per heavy atom. The quantitative estimate of drug-likeness (QED) is 0.551. The SMILES string of the molecule is Cc1c(C)n(CCCO)c2ncn3nc(COc4ccc(Cl)cc4)nc3c12. The van der Waals surface area contributed by atoms with Crippen LogP contribution in [0.4, 0.5) is 0 Å². The third-order valence-electron chi connectivity index (χ3n) is 4.71. The summed E-state index contributed by atoms with van der Waals surface area (Å²) in [5.74, 6) is 1.29. The Labute approximate surface area is 161 Å². The Bertz CT molecular complexity index is 1100. The standard InChI is InChI=1S/C19H20ClN5O2/c1-12-13(2)24(8-3-9-26)18-17(12)19-22-16(23-25(19)11-21-18)10-27-15-6-4-14(20)5-7-15/h4-7,11,26H,3,8-10H2,1-2H3. The molecule has 7 nitrogen and oxygen atoms in total. The van der Waals surface area contributed by atoms with Crippen LogP contribution in [-0.4, -0.2) is 35.9 Å². The highest BCUT2D eigenvalue weighted by atomic mass is 35.5. The molecule has 1 N–H and O–H groups in total. The van der Waals surface area contributed by atoms with Gasteiger partial charge in [-0.15, -0.1) is 5.10 Å². The van der Waals surface area contributed by atoms with E-state index in [0.717, 1.165) is 34.5 Å². The number of aromatic nitrogens is 5. The van der Waals surface area contributed by atoms with Gasteiger partial charge in [-0.2, -0.15) is 0 Å². The molecule has 0 saturated carbocycles. The fourth-order valence-electron chi connectivity index (χ4n) is 3.22. The van der Waals surface area contributed by atoms with E-state index in [1.165, 1.54) is 0 Å². The first kappa shape index (κ1) is 17.8. The third-order valence-corrected chi connectivity index (χ3v) is 4.96. The lowest BCUT2D eigenvalue weighted by Crippen LogP contribution is -2.03. The topological polar surface area (TPSA) is 77.5 Å². The van der Waals surface area contributed by atoms with Gasteiger partial charge in [0.1, 0.15) is 24.3 Å². The molecule has 4 rings (SSSR count). The molecule has 3 aromatic heterocycles. The summed E-state index contributed by atoms with van der Waals surface area (Å²) in [6.07, 6.45) is 2.36.